The number of anilines is 2. The minimum absolute atomic E-state index is 0.00727. The number of H-pyrrole nitrogens is 1. The molecular formula is C11H21N5O4S. The number of aromatic amines is 1. The van der Waals surface area contributed by atoms with Crippen molar-refractivity contribution in [1.82, 2.24) is 13.9 Å². The minimum atomic E-state index is -3.37. The van der Waals surface area contributed by atoms with E-state index in [4.69, 9.17) is 5.73 Å². The van der Waals surface area contributed by atoms with E-state index in [1.165, 1.54) is 18.7 Å². The second-order valence-electron chi connectivity index (χ2n) is 4.70. The van der Waals surface area contributed by atoms with Gasteiger partial charge in [-0.3, -0.25) is 14.3 Å². The molecule has 0 fully saturated rings. The third-order valence-corrected chi connectivity index (χ3v) is 4.74. The molecule has 1 aromatic rings. The maximum atomic E-state index is 11.7. The Balaban J connectivity index is 2.97. The normalized spacial score (nSPS) is 11.8. The number of sulfonamides is 1. The van der Waals surface area contributed by atoms with E-state index in [0.717, 1.165) is 4.31 Å². The van der Waals surface area contributed by atoms with Gasteiger partial charge in [0.15, 0.2) is 0 Å². The second-order valence-corrected chi connectivity index (χ2v) is 7.00. The van der Waals surface area contributed by atoms with Crippen LogP contribution in [0.1, 0.15) is 13.3 Å². The van der Waals surface area contributed by atoms with E-state index in [1.807, 2.05) is 6.92 Å². The average molecular weight is 319 g/mol. The summed E-state index contributed by atoms with van der Waals surface area (Å²) in [6.07, 6.45) is 0.671. The zero-order chi connectivity index (χ0) is 16.2. The van der Waals surface area contributed by atoms with Gasteiger partial charge in [-0.25, -0.2) is 17.5 Å². The first-order valence-electron chi connectivity index (χ1n) is 6.47. The van der Waals surface area contributed by atoms with Gasteiger partial charge in [0.1, 0.15) is 11.5 Å². The molecule has 0 atom stereocenters. The largest absolute Gasteiger partial charge is 0.383 e. The highest BCUT2D eigenvalue weighted by Crippen LogP contribution is 2.10. The fourth-order valence-electron chi connectivity index (χ4n) is 1.69. The summed E-state index contributed by atoms with van der Waals surface area (Å²) in [7, 11) is -0.516. The van der Waals surface area contributed by atoms with Crippen LogP contribution < -0.4 is 22.3 Å². The molecule has 0 aliphatic heterocycles. The third kappa shape index (κ3) is 4.08. The molecule has 0 saturated carbocycles. The Bertz CT molecular complexity index is 704. The lowest BCUT2D eigenvalue weighted by Crippen LogP contribution is -2.35. The van der Waals surface area contributed by atoms with Crippen LogP contribution >= 0.6 is 0 Å². The monoisotopic (exact) mass is 319 g/mol. The van der Waals surface area contributed by atoms with E-state index < -0.39 is 21.3 Å². The SMILES string of the molecule is CCCn1c(N)c(NCCS(=O)(=O)N(C)C)c(=O)[nH]c1=O. The van der Waals surface area contributed by atoms with Crippen LogP contribution in [0.3, 0.4) is 0 Å². The van der Waals surface area contributed by atoms with E-state index in [9.17, 15) is 18.0 Å². The lowest BCUT2D eigenvalue weighted by Gasteiger charge is -2.14. The van der Waals surface area contributed by atoms with Gasteiger partial charge in [0, 0.05) is 27.2 Å². The number of nitrogen functional groups attached to an aromatic ring is 1. The summed E-state index contributed by atoms with van der Waals surface area (Å²) >= 11 is 0. The summed E-state index contributed by atoms with van der Waals surface area (Å²) < 4.78 is 25.6. The molecule has 0 radical (unpaired) electrons. The Labute approximate surface area is 122 Å². The predicted molar refractivity (Wildman–Crippen MR) is 82.0 cm³/mol. The van der Waals surface area contributed by atoms with Crippen LogP contribution in [0, 0.1) is 0 Å². The molecule has 9 nitrogen and oxygen atoms in total. The Morgan fingerprint density at radius 2 is 1.95 bits per heavy atom. The van der Waals surface area contributed by atoms with Crippen molar-refractivity contribution in [3.8, 4) is 0 Å². The van der Waals surface area contributed by atoms with Crippen LogP contribution in [0.25, 0.3) is 0 Å². The van der Waals surface area contributed by atoms with Crippen molar-refractivity contribution in [3.05, 3.63) is 20.8 Å². The third-order valence-electron chi connectivity index (χ3n) is 2.90. The van der Waals surface area contributed by atoms with Crippen LogP contribution in [0.5, 0.6) is 0 Å². The topological polar surface area (TPSA) is 130 Å². The molecule has 120 valence electrons. The fraction of sp³-hybridized carbons (Fsp3) is 0.636. The highest BCUT2D eigenvalue weighted by molar-refractivity contribution is 7.89. The molecule has 1 heterocycles. The van der Waals surface area contributed by atoms with Gasteiger partial charge in [0.2, 0.25) is 10.0 Å². The van der Waals surface area contributed by atoms with Crippen LogP contribution in [-0.4, -0.2) is 48.7 Å². The van der Waals surface area contributed by atoms with Gasteiger partial charge in [0.25, 0.3) is 5.56 Å². The Kier molecular flexibility index (Phi) is 5.55. The predicted octanol–water partition coefficient (Wildman–Crippen LogP) is -1.17. The maximum absolute atomic E-state index is 11.7. The first kappa shape index (κ1) is 17.2. The van der Waals surface area contributed by atoms with E-state index in [2.05, 4.69) is 10.3 Å². The Morgan fingerprint density at radius 1 is 1.33 bits per heavy atom. The number of aromatic nitrogens is 2. The molecule has 0 unspecified atom stereocenters. The summed E-state index contributed by atoms with van der Waals surface area (Å²) in [5.41, 5.74) is 4.57. The smallest absolute Gasteiger partial charge is 0.330 e. The highest BCUT2D eigenvalue weighted by atomic mass is 32.2. The number of nitrogens with zero attached hydrogens (tertiary/aromatic N) is 2. The standard InChI is InChI=1S/C11H21N5O4S/c1-4-6-16-9(12)8(10(17)14-11(16)18)13-5-7-21(19,20)15(2)3/h13H,4-7,12H2,1-3H3,(H,14,17,18). The van der Waals surface area contributed by atoms with Crippen molar-refractivity contribution in [2.75, 3.05) is 37.4 Å². The van der Waals surface area contributed by atoms with Gasteiger partial charge < -0.3 is 11.1 Å². The molecule has 1 aromatic heterocycles. The van der Waals surface area contributed by atoms with Crippen LogP contribution in [-0.2, 0) is 16.6 Å². The molecule has 1 rings (SSSR count). The summed E-state index contributed by atoms with van der Waals surface area (Å²) in [4.78, 5) is 25.5. The molecule has 0 aliphatic rings. The zero-order valence-corrected chi connectivity index (χ0v) is 13.2. The number of hydrogen-bond acceptors (Lipinski definition) is 6. The second kappa shape index (κ2) is 6.76. The quantitative estimate of drug-likeness (QED) is 0.580. The lowest BCUT2D eigenvalue weighted by atomic mass is 10.4. The summed E-state index contributed by atoms with van der Waals surface area (Å²) in [5.74, 6) is -0.181. The number of hydrogen-bond donors (Lipinski definition) is 3. The van der Waals surface area contributed by atoms with Gasteiger partial charge in [-0.1, -0.05) is 6.92 Å². The number of nitrogens with one attached hydrogen (secondary N) is 2. The fourth-order valence-corrected chi connectivity index (χ4v) is 2.42. The van der Waals surface area contributed by atoms with Gasteiger partial charge >= 0.3 is 5.69 Å². The molecule has 10 heteroatoms. The Hall–Kier alpha value is -1.81. The lowest BCUT2D eigenvalue weighted by molar-refractivity contribution is 0.521. The Morgan fingerprint density at radius 3 is 2.48 bits per heavy atom. The van der Waals surface area contributed by atoms with Crippen molar-refractivity contribution in [3.63, 3.8) is 0 Å². The van der Waals surface area contributed by atoms with Crippen molar-refractivity contribution in [2.24, 2.45) is 0 Å². The van der Waals surface area contributed by atoms with Crippen molar-refractivity contribution < 1.29 is 8.42 Å². The van der Waals surface area contributed by atoms with Gasteiger partial charge in [-0.2, -0.15) is 0 Å². The molecular weight excluding hydrogens is 298 g/mol. The average Bonchev–Trinajstić information content (AvgIpc) is 2.38. The summed E-state index contributed by atoms with van der Waals surface area (Å²) in [5, 5.41) is 2.68. The first-order chi connectivity index (χ1) is 9.70. The zero-order valence-electron chi connectivity index (χ0n) is 12.3. The van der Waals surface area contributed by atoms with Crippen molar-refractivity contribution in [1.29, 1.82) is 0 Å². The molecule has 0 aliphatic carbocycles. The molecule has 0 spiro atoms. The van der Waals surface area contributed by atoms with E-state index in [1.54, 1.807) is 0 Å². The number of rotatable bonds is 7. The van der Waals surface area contributed by atoms with Crippen LogP contribution in [0.15, 0.2) is 9.59 Å². The van der Waals surface area contributed by atoms with E-state index in [0.29, 0.717) is 13.0 Å². The van der Waals surface area contributed by atoms with Gasteiger partial charge in [0.05, 0.1) is 5.75 Å². The molecule has 0 amide bonds. The van der Waals surface area contributed by atoms with E-state index in [-0.39, 0.29) is 23.8 Å². The summed E-state index contributed by atoms with van der Waals surface area (Å²) in [6, 6.07) is 0. The maximum Gasteiger partial charge on any atom is 0.330 e. The van der Waals surface area contributed by atoms with E-state index >= 15 is 0 Å². The number of nitrogens with two attached hydrogens (primary N) is 1. The van der Waals surface area contributed by atoms with Crippen LogP contribution in [0.4, 0.5) is 11.5 Å². The van der Waals surface area contributed by atoms with Crippen molar-refractivity contribution >= 4 is 21.5 Å². The molecule has 0 bridgehead atoms. The molecule has 21 heavy (non-hydrogen) atoms. The first-order valence-corrected chi connectivity index (χ1v) is 8.08. The summed E-state index contributed by atoms with van der Waals surface area (Å²) in [6.45, 7) is 2.25. The van der Waals surface area contributed by atoms with Gasteiger partial charge in [-0.05, 0) is 6.42 Å². The highest BCUT2D eigenvalue weighted by Gasteiger charge is 2.15. The minimum Gasteiger partial charge on any atom is -0.383 e. The molecule has 0 saturated heterocycles. The molecule has 4 N–H and O–H groups in total. The van der Waals surface area contributed by atoms with Crippen LogP contribution in [0.2, 0.25) is 0 Å². The van der Waals surface area contributed by atoms with Crippen molar-refractivity contribution in [2.45, 2.75) is 19.9 Å². The van der Waals surface area contributed by atoms with Gasteiger partial charge in [-0.15, -0.1) is 0 Å². The molecule has 0 aromatic carbocycles.